The fourth-order valence-corrected chi connectivity index (χ4v) is 4.37. The van der Waals surface area contributed by atoms with Crippen LogP contribution in [0.1, 0.15) is 12.6 Å². The Labute approximate surface area is 178 Å². The van der Waals surface area contributed by atoms with E-state index in [1.165, 1.54) is 0 Å². The Morgan fingerprint density at radius 3 is 2.43 bits per heavy atom. The molecule has 0 unspecified atom stereocenters. The third kappa shape index (κ3) is 3.46. The summed E-state index contributed by atoms with van der Waals surface area (Å²) in [6, 6.07) is 15.9. The van der Waals surface area contributed by atoms with E-state index in [1.54, 1.807) is 25.6 Å². The summed E-state index contributed by atoms with van der Waals surface area (Å²) in [5.41, 5.74) is 4.55. The minimum absolute atomic E-state index is 0.242. The van der Waals surface area contributed by atoms with Crippen molar-refractivity contribution in [3.63, 3.8) is 0 Å². The van der Waals surface area contributed by atoms with Crippen LogP contribution in [0.5, 0.6) is 17.2 Å². The highest BCUT2D eigenvalue weighted by atomic mass is 32.1. The molecule has 2 heterocycles. The van der Waals surface area contributed by atoms with E-state index in [4.69, 9.17) is 19.2 Å². The van der Waals surface area contributed by atoms with Crippen molar-refractivity contribution < 1.29 is 14.2 Å². The summed E-state index contributed by atoms with van der Waals surface area (Å²) in [5, 5.41) is 11.6. The molecular weight excluding hydrogens is 398 g/mol. The topological polar surface area (TPSA) is 68.8 Å². The highest BCUT2D eigenvalue weighted by molar-refractivity contribution is 7.15. The van der Waals surface area contributed by atoms with Crippen molar-refractivity contribution in [2.45, 2.75) is 13.3 Å². The van der Waals surface area contributed by atoms with Gasteiger partial charge in [0.25, 0.3) is 0 Å². The van der Waals surface area contributed by atoms with Crippen LogP contribution in [0, 0.1) is 11.3 Å². The van der Waals surface area contributed by atoms with Gasteiger partial charge in [0.15, 0.2) is 16.5 Å². The van der Waals surface area contributed by atoms with Gasteiger partial charge < -0.3 is 14.2 Å². The maximum Gasteiger partial charge on any atom is 0.194 e. The maximum absolute atomic E-state index is 9.50. The maximum atomic E-state index is 9.50. The Morgan fingerprint density at radius 2 is 1.77 bits per heavy atom. The van der Waals surface area contributed by atoms with Crippen LogP contribution in [-0.2, 0) is 6.42 Å². The van der Waals surface area contributed by atoms with E-state index < -0.39 is 0 Å². The summed E-state index contributed by atoms with van der Waals surface area (Å²) in [7, 11) is 3.21. The fraction of sp³-hybridized carbons (Fsp3) is 0.217. The second kappa shape index (κ2) is 8.47. The molecule has 0 saturated heterocycles. The van der Waals surface area contributed by atoms with Gasteiger partial charge in [-0.3, -0.25) is 4.40 Å². The molecule has 0 amide bonds. The van der Waals surface area contributed by atoms with Gasteiger partial charge in [0.05, 0.1) is 50.4 Å². The quantitative estimate of drug-likeness (QED) is 0.411. The Morgan fingerprint density at radius 1 is 1.03 bits per heavy atom. The largest absolute Gasteiger partial charge is 0.494 e. The first-order valence-electron chi connectivity index (χ1n) is 9.51. The predicted octanol–water partition coefficient (Wildman–Crippen LogP) is 5.21. The summed E-state index contributed by atoms with van der Waals surface area (Å²) < 4.78 is 18.4. The summed E-state index contributed by atoms with van der Waals surface area (Å²) >= 11 is 1.55. The van der Waals surface area contributed by atoms with Crippen molar-refractivity contribution in [2.75, 3.05) is 20.8 Å². The molecular formula is C23H21N3O3S. The molecule has 6 nitrogen and oxygen atoms in total. The van der Waals surface area contributed by atoms with Gasteiger partial charge in [0.2, 0.25) is 0 Å². The number of fused-ring (bicyclic) bond motifs is 1. The van der Waals surface area contributed by atoms with Crippen molar-refractivity contribution in [3.05, 3.63) is 53.5 Å². The lowest BCUT2D eigenvalue weighted by Gasteiger charge is -2.10. The Balaban J connectivity index is 1.85. The number of methoxy groups -OCH3 is 2. The molecule has 152 valence electrons. The molecule has 0 fully saturated rings. The van der Waals surface area contributed by atoms with E-state index in [0.717, 1.165) is 38.9 Å². The molecule has 4 rings (SSSR count). The third-order valence-electron chi connectivity index (χ3n) is 4.82. The molecule has 0 aliphatic carbocycles. The minimum atomic E-state index is 0.242. The van der Waals surface area contributed by atoms with Crippen molar-refractivity contribution in [2.24, 2.45) is 0 Å². The minimum Gasteiger partial charge on any atom is -0.494 e. The Bertz CT molecular complexity index is 1220. The number of hydrogen-bond acceptors (Lipinski definition) is 6. The first kappa shape index (κ1) is 19.8. The molecule has 30 heavy (non-hydrogen) atoms. The lowest BCUT2D eigenvalue weighted by atomic mass is 10.1. The lowest BCUT2D eigenvalue weighted by molar-refractivity contribution is 0.340. The van der Waals surface area contributed by atoms with E-state index >= 15 is 0 Å². The van der Waals surface area contributed by atoms with E-state index in [0.29, 0.717) is 18.1 Å². The first-order chi connectivity index (χ1) is 14.7. The highest BCUT2D eigenvalue weighted by Gasteiger charge is 2.20. The Kier molecular flexibility index (Phi) is 5.59. The Hall–Kier alpha value is -3.50. The normalized spacial score (nSPS) is 10.7. The molecule has 2 aromatic carbocycles. The number of nitrogens with zero attached hydrogens (tertiary/aromatic N) is 3. The molecule has 0 spiro atoms. The van der Waals surface area contributed by atoms with Crippen LogP contribution >= 0.6 is 11.3 Å². The summed E-state index contributed by atoms with van der Waals surface area (Å²) in [6.45, 7) is 2.59. The molecule has 0 atom stereocenters. The number of benzene rings is 2. The predicted molar refractivity (Wildman–Crippen MR) is 118 cm³/mol. The van der Waals surface area contributed by atoms with Gasteiger partial charge in [-0.15, -0.1) is 11.3 Å². The molecule has 0 saturated carbocycles. The van der Waals surface area contributed by atoms with Crippen LogP contribution in [0.3, 0.4) is 0 Å². The van der Waals surface area contributed by atoms with Crippen molar-refractivity contribution in [1.82, 2.24) is 9.38 Å². The molecule has 0 N–H and O–H groups in total. The van der Waals surface area contributed by atoms with Gasteiger partial charge in [-0.25, -0.2) is 4.98 Å². The van der Waals surface area contributed by atoms with E-state index in [2.05, 4.69) is 15.8 Å². The van der Waals surface area contributed by atoms with Crippen LogP contribution in [0.2, 0.25) is 0 Å². The first-order valence-corrected chi connectivity index (χ1v) is 10.4. The van der Waals surface area contributed by atoms with E-state index in [1.807, 2.05) is 49.4 Å². The monoisotopic (exact) mass is 419 g/mol. The fourth-order valence-electron chi connectivity index (χ4n) is 3.46. The van der Waals surface area contributed by atoms with Crippen LogP contribution in [0.25, 0.3) is 27.5 Å². The molecule has 0 radical (unpaired) electrons. The molecule has 0 bridgehead atoms. The van der Waals surface area contributed by atoms with Crippen LogP contribution in [0.15, 0.2) is 47.8 Å². The van der Waals surface area contributed by atoms with E-state index in [-0.39, 0.29) is 6.42 Å². The second-order valence-corrected chi connectivity index (χ2v) is 7.34. The summed E-state index contributed by atoms with van der Waals surface area (Å²) in [6.07, 6.45) is 0.242. The van der Waals surface area contributed by atoms with E-state index in [9.17, 15) is 5.26 Å². The molecule has 4 aromatic rings. The number of imidazole rings is 1. The number of nitriles is 1. The molecule has 7 heteroatoms. The zero-order valence-electron chi connectivity index (χ0n) is 17.0. The molecule has 2 aromatic heterocycles. The van der Waals surface area contributed by atoms with Gasteiger partial charge in [-0.05, 0) is 55.0 Å². The zero-order valence-corrected chi connectivity index (χ0v) is 17.8. The average Bonchev–Trinajstić information content (AvgIpc) is 3.34. The van der Waals surface area contributed by atoms with Crippen LogP contribution < -0.4 is 14.2 Å². The van der Waals surface area contributed by atoms with Gasteiger partial charge in [-0.1, -0.05) is 0 Å². The van der Waals surface area contributed by atoms with Crippen LogP contribution in [-0.4, -0.2) is 30.2 Å². The van der Waals surface area contributed by atoms with Gasteiger partial charge in [0.1, 0.15) is 5.75 Å². The number of aromatic nitrogens is 2. The zero-order chi connectivity index (χ0) is 21.1. The smallest absolute Gasteiger partial charge is 0.194 e. The standard InChI is InChI=1S/C23H21N3O3S/c1-4-29-17-8-5-15(6-9-17)19-14-30-23-25-22(18(11-12-24)26(19)23)16-7-10-20(27-2)21(13-16)28-3/h5-10,13-14H,4,11H2,1-3H3. The number of ether oxygens (including phenoxy) is 3. The molecule has 0 aliphatic rings. The second-order valence-electron chi connectivity index (χ2n) is 6.51. The lowest BCUT2D eigenvalue weighted by Crippen LogP contribution is -1.96. The SMILES string of the molecule is CCOc1ccc(-c2csc3nc(-c4ccc(OC)c(OC)c4)c(CC#N)n23)cc1. The highest BCUT2D eigenvalue weighted by Crippen LogP contribution is 2.37. The number of thiazole rings is 1. The number of rotatable bonds is 7. The number of hydrogen-bond donors (Lipinski definition) is 0. The third-order valence-corrected chi connectivity index (χ3v) is 5.65. The molecule has 0 aliphatic heterocycles. The van der Waals surface area contributed by atoms with Gasteiger partial charge >= 0.3 is 0 Å². The summed E-state index contributed by atoms with van der Waals surface area (Å²) in [4.78, 5) is 5.68. The van der Waals surface area contributed by atoms with Crippen molar-refractivity contribution in [3.8, 4) is 45.8 Å². The van der Waals surface area contributed by atoms with Crippen molar-refractivity contribution >= 4 is 16.3 Å². The van der Waals surface area contributed by atoms with Crippen LogP contribution in [0.4, 0.5) is 0 Å². The van der Waals surface area contributed by atoms with Gasteiger partial charge in [-0.2, -0.15) is 5.26 Å². The summed E-state index contributed by atoms with van der Waals surface area (Å²) in [5.74, 6) is 2.11. The van der Waals surface area contributed by atoms with Crippen molar-refractivity contribution in [1.29, 1.82) is 5.26 Å². The van der Waals surface area contributed by atoms with Gasteiger partial charge in [0, 0.05) is 10.9 Å². The average molecular weight is 420 g/mol.